The molecule has 3 aliphatic heterocycles. The summed E-state index contributed by atoms with van der Waals surface area (Å²) in [6.45, 7) is 25.9. The van der Waals surface area contributed by atoms with Gasteiger partial charge in [0, 0.05) is 29.7 Å². The van der Waals surface area contributed by atoms with Gasteiger partial charge < -0.3 is 23.0 Å². The minimum absolute atomic E-state index is 0.0306. The van der Waals surface area contributed by atoms with E-state index in [2.05, 4.69) is 65.7 Å². The van der Waals surface area contributed by atoms with E-state index in [4.69, 9.17) is 17.7 Å². The SMILES string of the molecule is CC(C)[Si]1(C(C)C)OC[C@H]2O[C@@H](n3ccc(NC4CC(C)(C)N([O])C(C)(C)C4)nc3=O)C[C@@H]2O[Si](C(C)C)(C(C)C)O1. The number of rotatable bonds is 7. The van der Waals surface area contributed by atoms with Crippen molar-refractivity contribution < 1.29 is 22.9 Å². The van der Waals surface area contributed by atoms with Crippen molar-refractivity contribution >= 4 is 22.9 Å². The number of fused-ring (bicyclic) bond motifs is 1. The van der Waals surface area contributed by atoms with Crippen molar-refractivity contribution in [2.45, 2.75) is 160 Å². The molecular weight excluding hydrogens is 569 g/mol. The van der Waals surface area contributed by atoms with E-state index in [0.717, 1.165) is 0 Å². The molecule has 0 saturated carbocycles. The zero-order valence-corrected chi connectivity index (χ0v) is 29.9. The Morgan fingerprint density at radius 3 is 1.95 bits per heavy atom. The zero-order chi connectivity index (χ0) is 31.4. The molecule has 3 fully saturated rings. The number of hydrogen-bond acceptors (Lipinski definition) is 8. The molecule has 1 aromatic heterocycles. The van der Waals surface area contributed by atoms with E-state index in [9.17, 15) is 10.0 Å². The number of aromatic nitrogens is 2. The number of nitrogens with one attached hydrogen (secondary N) is 1. The lowest BCUT2D eigenvalue weighted by Crippen LogP contribution is -2.65. The number of piperidine rings is 1. The summed E-state index contributed by atoms with van der Waals surface area (Å²) in [7, 11) is -5.42. The van der Waals surface area contributed by atoms with Crippen LogP contribution in [0.5, 0.6) is 0 Å². The van der Waals surface area contributed by atoms with Crippen LogP contribution in [0.3, 0.4) is 0 Å². The van der Waals surface area contributed by atoms with Gasteiger partial charge in [0.2, 0.25) is 0 Å². The summed E-state index contributed by atoms with van der Waals surface area (Å²) in [5.74, 6) is 0.514. The molecule has 10 nitrogen and oxygen atoms in total. The highest BCUT2D eigenvalue weighted by molar-refractivity contribution is 6.83. The van der Waals surface area contributed by atoms with Gasteiger partial charge in [0.15, 0.2) is 0 Å². The fraction of sp³-hybridized carbons (Fsp3) is 0.867. The van der Waals surface area contributed by atoms with E-state index in [1.54, 1.807) is 10.8 Å². The Balaban J connectivity index is 1.57. The van der Waals surface area contributed by atoms with Gasteiger partial charge in [0.05, 0.1) is 12.7 Å². The number of ether oxygens (including phenoxy) is 1. The molecule has 3 aliphatic rings. The Bertz CT molecular complexity index is 1120. The number of anilines is 1. The Kier molecular flexibility index (Phi) is 9.64. The number of hydrogen-bond donors (Lipinski definition) is 1. The van der Waals surface area contributed by atoms with E-state index in [-0.39, 0.29) is 46.1 Å². The number of nitrogens with zero attached hydrogens (tertiary/aromatic N) is 3. The third-order valence-corrected chi connectivity index (χ3v) is 19.9. The molecule has 239 valence electrons. The Morgan fingerprint density at radius 1 is 0.905 bits per heavy atom. The lowest BCUT2D eigenvalue weighted by molar-refractivity contribution is -0.288. The molecule has 42 heavy (non-hydrogen) atoms. The van der Waals surface area contributed by atoms with E-state index < -0.39 is 34.4 Å². The summed E-state index contributed by atoms with van der Waals surface area (Å²) in [5, 5.41) is 17.4. The highest BCUT2D eigenvalue weighted by Gasteiger charge is 2.60. The van der Waals surface area contributed by atoms with E-state index in [1.807, 2.05) is 33.8 Å². The zero-order valence-electron chi connectivity index (χ0n) is 27.9. The van der Waals surface area contributed by atoms with Crippen LogP contribution >= 0.6 is 0 Å². The van der Waals surface area contributed by atoms with Crippen molar-refractivity contribution in [1.29, 1.82) is 0 Å². The molecule has 0 spiro atoms. The minimum Gasteiger partial charge on any atom is -0.414 e. The van der Waals surface area contributed by atoms with Crippen molar-refractivity contribution in [3.63, 3.8) is 0 Å². The van der Waals surface area contributed by atoms with Gasteiger partial charge in [-0.1, -0.05) is 55.4 Å². The fourth-order valence-corrected chi connectivity index (χ4v) is 18.8. The molecule has 1 aromatic rings. The van der Waals surface area contributed by atoms with Crippen LogP contribution in [0, 0.1) is 0 Å². The minimum atomic E-state index is -2.76. The van der Waals surface area contributed by atoms with Gasteiger partial charge in [0.1, 0.15) is 18.1 Å². The second kappa shape index (κ2) is 12.0. The molecule has 12 heteroatoms. The van der Waals surface area contributed by atoms with Gasteiger partial charge in [0.25, 0.3) is 0 Å². The molecule has 0 unspecified atom stereocenters. The van der Waals surface area contributed by atoms with Crippen molar-refractivity contribution in [2.75, 3.05) is 11.9 Å². The molecule has 1 N–H and O–H groups in total. The molecule has 4 rings (SSSR count). The first-order valence-electron chi connectivity index (χ1n) is 15.8. The van der Waals surface area contributed by atoms with Gasteiger partial charge in [-0.05, 0) is 68.8 Å². The van der Waals surface area contributed by atoms with Crippen molar-refractivity contribution in [1.82, 2.24) is 14.6 Å². The van der Waals surface area contributed by atoms with Crippen LogP contribution < -0.4 is 11.0 Å². The molecule has 0 amide bonds. The van der Waals surface area contributed by atoms with Crippen LogP contribution in [-0.4, -0.2) is 67.7 Å². The Morgan fingerprint density at radius 2 is 1.45 bits per heavy atom. The van der Waals surface area contributed by atoms with Gasteiger partial charge in [-0.2, -0.15) is 4.98 Å². The summed E-state index contributed by atoms with van der Waals surface area (Å²) in [6.07, 6.45) is 2.58. The van der Waals surface area contributed by atoms with Crippen LogP contribution in [0.2, 0.25) is 22.2 Å². The molecule has 0 aliphatic carbocycles. The summed E-state index contributed by atoms with van der Waals surface area (Å²) in [5.41, 5.74) is -0.446. The maximum atomic E-state index is 13.3. The van der Waals surface area contributed by atoms with Crippen LogP contribution in [0.25, 0.3) is 0 Å². The molecular formula is C30H55N4O6Si2. The molecule has 3 atom stereocenters. The quantitative estimate of drug-likeness (QED) is 0.355. The first-order valence-corrected chi connectivity index (χ1v) is 19.8. The highest BCUT2D eigenvalue weighted by atomic mass is 28.5. The molecule has 4 heterocycles. The summed E-state index contributed by atoms with van der Waals surface area (Å²) in [6, 6.07) is 1.86. The first kappa shape index (κ1) is 33.8. The van der Waals surface area contributed by atoms with Gasteiger partial charge in [-0.25, -0.2) is 4.79 Å². The molecule has 0 aromatic carbocycles. The van der Waals surface area contributed by atoms with Gasteiger partial charge >= 0.3 is 22.8 Å². The summed E-state index contributed by atoms with van der Waals surface area (Å²) < 4.78 is 29.3. The highest BCUT2D eigenvalue weighted by Crippen LogP contribution is 2.48. The second-order valence-corrected chi connectivity index (χ2v) is 24.0. The maximum absolute atomic E-state index is 13.3. The smallest absolute Gasteiger partial charge is 0.351 e. The van der Waals surface area contributed by atoms with Crippen molar-refractivity contribution in [3.05, 3.63) is 22.7 Å². The monoisotopic (exact) mass is 623 g/mol. The van der Waals surface area contributed by atoms with E-state index in [1.165, 1.54) is 5.06 Å². The lowest BCUT2D eigenvalue weighted by atomic mass is 9.79. The second-order valence-electron chi connectivity index (χ2n) is 15.2. The van der Waals surface area contributed by atoms with Gasteiger partial charge in [-0.15, -0.1) is 10.3 Å². The molecule has 1 radical (unpaired) electrons. The van der Waals surface area contributed by atoms with Crippen molar-refractivity contribution in [3.8, 4) is 0 Å². The average Bonchev–Trinajstić information content (AvgIpc) is 3.23. The topological polar surface area (TPSA) is 107 Å². The van der Waals surface area contributed by atoms with E-state index in [0.29, 0.717) is 31.7 Å². The van der Waals surface area contributed by atoms with Crippen LogP contribution in [0.15, 0.2) is 17.1 Å². The lowest BCUT2D eigenvalue weighted by Gasteiger charge is -2.51. The molecule has 0 bridgehead atoms. The number of hydroxylamine groups is 2. The van der Waals surface area contributed by atoms with Crippen molar-refractivity contribution in [2.24, 2.45) is 0 Å². The fourth-order valence-electron chi connectivity index (χ4n) is 7.59. The van der Waals surface area contributed by atoms with E-state index >= 15 is 0 Å². The first-order chi connectivity index (χ1) is 19.3. The molecule has 3 saturated heterocycles. The van der Waals surface area contributed by atoms with Crippen LogP contribution in [0.4, 0.5) is 5.82 Å². The normalized spacial score (nSPS) is 29.6. The third-order valence-electron chi connectivity index (χ3n) is 9.61. The largest absolute Gasteiger partial charge is 0.414 e. The predicted molar refractivity (Wildman–Crippen MR) is 168 cm³/mol. The Labute approximate surface area is 254 Å². The third kappa shape index (κ3) is 6.20. The average molecular weight is 624 g/mol. The predicted octanol–water partition coefficient (Wildman–Crippen LogP) is 6.27. The summed E-state index contributed by atoms with van der Waals surface area (Å²) in [4.78, 5) is 17.7. The Hall–Kier alpha value is -1.13. The maximum Gasteiger partial charge on any atom is 0.351 e. The van der Waals surface area contributed by atoms with Crippen LogP contribution in [0.1, 0.15) is 109 Å². The van der Waals surface area contributed by atoms with Gasteiger partial charge in [-0.3, -0.25) is 4.57 Å². The summed E-state index contributed by atoms with van der Waals surface area (Å²) >= 11 is 0. The standard InChI is InChI=1S/C30H55N4O6Si2/c1-19(2)41(20(3)4)37-18-25-24(39-42(40-41,21(5)6)22(7)8)15-27(38-25)33-14-13-26(32-28(33)35)31-23-16-29(9,10)34(36)30(11,12)17-23/h13-14,19-25,27H,15-18H2,1-12H3,(H,31,32,35)/t24-,25+,27+/m0/s1. The van der Waals surface area contributed by atoms with Crippen LogP contribution in [-0.2, 0) is 22.9 Å².